The van der Waals surface area contributed by atoms with Gasteiger partial charge in [0.2, 0.25) is 0 Å². The number of hydrogen-bond acceptors (Lipinski definition) is 12. The summed E-state index contributed by atoms with van der Waals surface area (Å²) in [7, 11) is 0. The summed E-state index contributed by atoms with van der Waals surface area (Å²) in [6.45, 7) is 12.8. The zero-order valence-corrected chi connectivity index (χ0v) is 25.1. The van der Waals surface area contributed by atoms with Crippen LogP contribution >= 0.6 is 0 Å². The number of hydrogen-bond donors (Lipinski definition) is 4. The van der Waals surface area contributed by atoms with Gasteiger partial charge in [0.05, 0.1) is 13.2 Å². The van der Waals surface area contributed by atoms with Crippen molar-refractivity contribution in [3.63, 3.8) is 0 Å². The van der Waals surface area contributed by atoms with Gasteiger partial charge in [0.1, 0.15) is 37.5 Å². The summed E-state index contributed by atoms with van der Waals surface area (Å²) >= 11 is 0. The fraction of sp³-hybridized carbons (Fsp3) is 0.500. The van der Waals surface area contributed by atoms with E-state index in [1.165, 1.54) is 13.8 Å². The van der Waals surface area contributed by atoms with Gasteiger partial charge in [-0.25, -0.2) is 28.8 Å². The van der Waals surface area contributed by atoms with E-state index >= 15 is 0 Å². The molecule has 0 saturated heterocycles. The maximum Gasteiger partial charge on any atom is 0.330 e. The SMILES string of the molecule is C=CC(=O)OCC(C)(COC(=O)C=C)NC(=O)N(CCO)CCN(CCO)C(=O)NC(C)(COC(=O)C=C)COC(=O)C=C. The molecular formula is C28H42N4O12. The molecule has 44 heavy (non-hydrogen) atoms. The molecule has 0 atom stereocenters. The van der Waals surface area contributed by atoms with E-state index in [9.17, 15) is 39.0 Å². The first-order chi connectivity index (χ1) is 20.7. The summed E-state index contributed by atoms with van der Waals surface area (Å²) in [5.74, 6) is -3.15. The first-order valence-corrected chi connectivity index (χ1v) is 13.2. The average Bonchev–Trinajstić information content (AvgIpc) is 3.01. The molecular weight excluding hydrogens is 584 g/mol. The number of nitrogens with one attached hydrogen (secondary N) is 2. The predicted octanol–water partition coefficient (Wildman–Crippen LogP) is -0.572. The maximum absolute atomic E-state index is 13.2. The van der Waals surface area contributed by atoms with Crippen LogP contribution in [0, 0.1) is 0 Å². The minimum Gasteiger partial charge on any atom is -0.460 e. The Labute approximate surface area is 255 Å². The average molecular weight is 627 g/mol. The summed E-state index contributed by atoms with van der Waals surface area (Å²) in [6, 6.07) is -1.54. The number of aliphatic hydroxyl groups is 2. The molecule has 0 heterocycles. The molecule has 16 nitrogen and oxygen atoms in total. The predicted molar refractivity (Wildman–Crippen MR) is 156 cm³/mol. The van der Waals surface area contributed by atoms with E-state index in [0.29, 0.717) is 0 Å². The molecule has 0 radical (unpaired) electrons. The third-order valence-electron chi connectivity index (χ3n) is 5.57. The number of nitrogens with zero attached hydrogens (tertiary/aromatic N) is 2. The van der Waals surface area contributed by atoms with E-state index in [4.69, 9.17) is 18.9 Å². The maximum atomic E-state index is 13.2. The van der Waals surface area contributed by atoms with Crippen LogP contribution in [0.25, 0.3) is 0 Å². The van der Waals surface area contributed by atoms with Crippen molar-refractivity contribution in [3.05, 3.63) is 50.6 Å². The van der Waals surface area contributed by atoms with Crippen molar-refractivity contribution >= 4 is 35.9 Å². The molecule has 4 N–H and O–H groups in total. The monoisotopic (exact) mass is 626 g/mol. The van der Waals surface area contributed by atoms with Crippen molar-refractivity contribution in [1.29, 1.82) is 0 Å². The number of aliphatic hydroxyl groups excluding tert-OH is 2. The van der Waals surface area contributed by atoms with Gasteiger partial charge in [0.15, 0.2) is 0 Å². The lowest BCUT2D eigenvalue weighted by Gasteiger charge is -2.35. The number of ether oxygens (including phenoxy) is 4. The van der Waals surface area contributed by atoms with Crippen LogP contribution in [0.3, 0.4) is 0 Å². The van der Waals surface area contributed by atoms with E-state index in [-0.39, 0.29) is 26.2 Å². The minimum absolute atomic E-state index is 0.164. The smallest absolute Gasteiger partial charge is 0.330 e. The summed E-state index contributed by atoms with van der Waals surface area (Å²) in [6.07, 6.45) is 3.65. The van der Waals surface area contributed by atoms with Crippen molar-refractivity contribution < 1.29 is 57.9 Å². The second kappa shape index (κ2) is 20.2. The highest BCUT2D eigenvalue weighted by molar-refractivity contribution is 5.83. The molecule has 0 aliphatic carbocycles. The van der Waals surface area contributed by atoms with Crippen molar-refractivity contribution in [2.45, 2.75) is 24.9 Å². The van der Waals surface area contributed by atoms with Gasteiger partial charge >= 0.3 is 35.9 Å². The van der Waals surface area contributed by atoms with E-state index in [2.05, 4.69) is 36.9 Å². The molecule has 16 heteroatoms. The van der Waals surface area contributed by atoms with Gasteiger partial charge < -0.3 is 49.6 Å². The van der Waals surface area contributed by atoms with E-state index < -0.39 is 86.7 Å². The van der Waals surface area contributed by atoms with E-state index in [1.54, 1.807) is 0 Å². The molecule has 0 rings (SSSR count). The summed E-state index contributed by atoms with van der Waals surface area (Å²) in [5, 5.41) is 24.3. The number of esters is 4. The van der Waals surface area contributed by atoms with Crippen LogP contribution in [0.15, 0.2) is 50.6 Å². The second-order valence-electron chi connectivity index (χ2n) is 9.65. The summed E-state index contributed by atoms with van der Waals surface area (Å²) in [4.78, 5) is 75.1. The molecule has 0 aliphatic heterocycles. The molecule has 0 aromatic rings. The number of rotatable bonds is 21. The van der Waals surface area contributed by atoms with Crippen LogP contribution in [-0.2, 0) is 38.1 Å². The zero-order valence-electron chi connectivity index (χ0n) is 25.1. The van der Waals surface area contributed by atoms with Gasteiger partial charge in [0, 0.05) is 50.5 Å². The third-order valence-corrected chi connectivity index (χ3v) is 5.57. The Balaban J connectivity index is 5.78. The molecule has 0 unspecified atom stereocenters. The highest BCUT2D eigenvalue weighted by Crippen LogP contribution is 2.11. The number of carbonyl (C=O) groups excluding carboxylic acids is 6. The lowest BCUT2D eigenvalue weighted by Crippen LogP contribution is -2.59. The number of carbonyl (C=O) groups is 6. The summed E-state index contributed by atoms with van der Waals surface area (Å²) in [5.41, 5.74) is -2.84. The fourth-order valence-electron chi connectivity index (χ4n) is 3.17. The molecule has 0 aromatic carbocycles. The summed E-state index contributed by atoms with van der Waals surface area (Å²) < 4.78 is 20.1. The molecule has 246 valence electrons. The van der Waals surface area contributed by atoms with Crippen LogP contribution in [0.1, 0.15) is 13.8 Å². The highest BCUT2D eigenvalue weighted by atomic mass is 16.6. The van der Waals surface area contributed by atoms with Crippen LogP contribution in [0.2, 0.25) is 0 Å². The molecule has 0 bridgehead atoms. The highest BCUT2D eigenvalue weighted by Gasteiger charge is 2.34. The third kappa shape index (κ3) is 15.5. The fourth-order valence-corrected chi connectivity index (χ4v) is 3.17. The van der Waals surface area contributed by atoms with Crippen molar-refractivity contribution in [1.82, 2.24) is 20.4 Å². The molecule has 0 fully saturated rings. The zero-order chi connectivity index (χ0) is 33.8. The van der Waals surface area contributed by atoms with Crippen LogP contribution in [-0.4, -0.2) is 133 Å². The standard InChI is InChI=1S/C28H42N4O12/c1-7-21(35)41-17-27(5,18-42-22(36)8-2)29-25(39)31(13-15-33)11-12-32(14-16-34)26(40)30-28(6,19-43-23(37)9-3)20-44-24(38)10-4/h7-10,33-34H,1-4,11-20H2,5-6H3,(H,29,39)(H,30,40). The van der Waals surface area contributed by atoms with Crippen molar-refractivity contribution in [2.24, 2.45) is 0 Å². The van der Waals surface area contributed by atoms with E-state index in [1.807, 2.05) is 0 Å². The van der Waals surface area contributed by atoms with Gasteiger partial charge in [-0.2, -0.15) is 0 Å². The molecule has 0 aromatic heterocycles. The Morgan fingerprint density at radius 1 is 0.568 bits per heavy atom. The number of amides is 4. The molecule has 0 saturated carbocycles. The topological polar surface area (TPSA) is 210 Å². The van der Waals surface area contributed by atoms with Crippen LogP contribution in [0.4, 0.5) is 9.59 Å². The van der Waals surface area contributed by atoms with Gasteiger partial charge in [-0.05, 0) is 13.8 Å². The Bertz CT molecular complexity index is 931. The number of urea groups is 2. The Morgan fingerprint density at radius 3 is 1.02 bits per heavy atom. The molecule has 0 aliphatic rings. The first-order valence-electron chi connectivity index (χ1n) is 13.2. The van der Waals surface area contributed by atoms with Crippen molar-refractivity contribution in [3.8, 4) is 0 Å². The minimum atomic E-state index is -1.42. The van der Waals surface area contributed by atoms with Crippen molar-refractivity contribution in [2.75, 3.05) is 65.8 Å². The van der Waals surface area contributed by atoms with Crippen LogP contribution in [0.5, 0.6) is 0 Å². The van der Waals surface area contributed by atoms with Gasteiger partial charge in [-0.3, -0.25) is 0 Å². The first kappa shape index (κ1) is 39.3. The molecule has 4 amide bonds. The second-order valence-corrected chi connectivity index (χ2v) is 9.65. The lowest BCUT2D eigenvalue weighted by atomic mass is 10.1. The Morgan fingerprint density at radius 2 is 0.818 bits per heavy atom. The van der Waals surface area contributed by atoms with Gasteiger partial charge in [0.25, 0.3) is 0 Å². The lowest BCUT2D eigenvalue weighted by molar-refractivity contribution is -0.145. The largest absolute Gasteiger partial charge is 0.460 e. The Hall–Kier alpha value is -4.70. The normalized spacial score (nSPS) is 10.7. The van der Waals surface area contributed by atoms with Crippen LogP contribution < -0.4 is 10.6 Å². The Kier molecular flexibility index (Phi) is 18.1. The van der Waals surface area contributed by atoms with Gasteiger partial charge in [-0.1, -0.05) is 26.3 Å². The molecule has 0 spiro atoms. The van der Waals surface area contributed by atoms with E-state index in [0.717, 1.165) is 34.1 Å². The van der Waals surface area contributed by atoms with Gasteiger partial charge in [-0.15, -0.1) is 0 Å². The quantitative estimate of drug-likeness (QED) is 0.0717.